The first-order valence-corrected chi connectivity index (χ1v) is 37.9. The predicted octanol–water partition coefficient (Wildman–Crippen LogP) is 29.0. The monoisotopic (exact) mass is 1410 g/mol. The van der Waals surface area contributed by atoms with Crippen molar-refractivity contribution in [3.05, 3.63) is 424 Å². The van der Waals surface area contributed by atoms with Crippen LogP contribution in [0.25, 0.3) is 144 Å². The van der Waals surface area contributed by atoms with Crippen LogP contribution in [0.2, 0.25) is 0 Å². The number of hydrogen-bond acceptors (Lipinski definition) is 3. The van der Waals surface area contributed by atoms with Gasteiger partial charge >= 0.3 is 0 Å². The molecule has 1 aliphatic carbocycles. The van der Waals surface area contributed by atoms with Crippen LogP contribution in [-0.4, -0.2) is 9.13 Å². The minimum absolute atomic E-state index is 0.0864. The zero-order chi connectivity index (χ0) is 73.2. The Balaban J connectivity index is 0.000000144. The molecule has 0 bridgehead atoms. The highest BCUT2D eigenvalue weighted by atomic mass is 16.3. The SMILES string of the molecule is CC1(C)c2ccccc2-c2ccc(N(c3ccc(-c4ccccc4)cc3)c3ccc(-c4ccc5c(c4)c4ccccc4n5-c4ccccc4)cc3)cc21.c1ccc(-c2ccc(N(c3ccc(-c4ccc5c(c4)c4ccccc4n5-c4ccccc4)cc3)c3ccc(-c4cccc5c4oc4ccccc45)cc3)cc2)cc1. The molecule has 0 saturated heterocycles. The molecule has 0 radical (unpaired) electrons. The maximum atomic E-state index is 6.40. The number of para-hydroxylation sites is 6. The maximum Gasteiger partial charge on any atom is 0.143 e. The Labute approximate surface area is 640 Å². The van der Waals surface area contributed by atoms with E-state index in [1.54, 1.807) is 0 Å². The van der Waals surface area contributed by atoms with Crippen LogP contribution >= 0.6 is 0 Å². The zero-order valence-electron chi connectivity index (χ0n) is 61.0. The van der Waals surface area contributed by atoms with Gasteiger partial charge in [0, 0.05) is 88.8 Å². The van der Waals surface area contributed by atoms with Gasteiger partial charge < -0.3 is 23.4 Å². The predicted molar refractivity (Wildman–Crippen MR) is 463 cm³/mol. The van der Waals surface area contributed by atoms with Gasteiger partial charge in [0.05, 0.1) is 22.1 Å². The van der Waals surface area contributed by atoms with E-state index in [-0.39, 0.29) is 5.41 Å². The average Bonchev–Trinajstić information content (AvgIpc) is 1.58. The van der Waals surface area contributed by atoms with Crippen LogP contribution in [0.5, 0.6) is 0 Å². The third-order valence-electron chi connectivity index (χ3n) is 22.4. The number of benzene rings is 17. The average molecular weight is 1410 g/mol. The standard InChI is InChI=1S/C54H36N2O.C51H38N2/c1-3-12-37(13-4-1)38-22-29-43(30-23-38)55(45-33-26-40(27-34-45)46-18-11-19-49-48-17-8-10-21-53(48)57-54(46)49)44-31-24-39(25-32-44)41-28-35-52-50(36-41)47-16-7-9-20-51(47)56(52)42-14-5-2-6-15-42;1-51(2)47-19-11-9-17-43(47)44-31-30-42(34-48(44)51)52(40-26-21-36(22-27-40)35-13-5-3-6-14-35)41-28-23-37(24-29-41)38-25-32-50-46(33-38)45-18-10-12-20-49(45)53(50)39-15-7-4-8-16-39/h1-36H;3-34H,1-2H3. The van der Waals surface area contributed by atoms with Crippen molar-refractivity contribution < 1.29 is 4.42 Å². The van der Waals surface area contributed by atoms with Crippen LogP contribution in [0.1, 0.15) is 25.0 Å². The summed E-state index contributed by atoms with van der Waals surface area (Å²) in [7, 11) is 0. The molecule has 110 heavy (non-hydrogen) atoms. The Bertz CT molecular complexity index is 6800. The molecular weight excluding hydrogens is 1330 g/mol. The second-order valence-corrected chi connectivity index (χ2v) is 29.2. The van der Waals surface area contributed by atoms with Crippen LogP contribution < -0.4 is 9.80 Å². The molecular formula is C105H74N4O. The first kappa shape index (κ1) is 65.3. The van der Waals surface area contributed by atoms with Crippen molar-refractivity contribution >= 4 is 99.7 Å². The number of rotatable bonds is 13. The molecule has 3 aromatic heterocycles. The van der Waals surface area contributed by atoms with Gasteiger partial charge in [-0.05, 0) is 212 Å². The van der Waals surface area contributed by atoms with E-state index in [9.17, 15) is 0 Å². The summed E-state index contributed by atoms with van der Waals surface area (Å²) >= 11 is 0. The molecule has 0 aliphatic heterocycles. The molecule has 5 heteroatoms. The van der Waals surface area contributed by atoms with E-state index in [0.717, 1.165) is 72.9 Å². The fourth-order valence-electron chi connectivity index (χ4n) is 17.0. The Kier molecular flexibility index (Phi) is 16.2. The summed E-state index contributed by atoms with van der Waals surface area (Å²) in [6, 6.07) is 149. The second-order valence-electron chi connectivity index (χ2n) is 29.2. The normalized spacial score (nSPS) is 12.2. The highest BCUT2D eigenvalue weighted by Gasteiger charge is 2.36. The van der Waals surface area contributed by atoms with Crippen molar-refractivity contribution in [2.75, 3.05) is 9.80 Å². The molecule has 0 saturated carbocycles. The molecule has 20 aromatic rings. The van der Waals surface area contributed by atoms with E-state index in [2.05, 4.69) is 433 Å². The lowest BCUT2D eigenvalue weighted by atomic mass is 9.82. The zero-order valence-corrected chi connectivity index (χ0v) is 61.0. The quantitative estimate of drug-likeness (QED) is 0.115. The van der Waals surface area contributed by atoms with Crippen molar-refractivity contribution in [1.29, 1.82) is 0 Å². The molecule has 21 rings (SSSR count). The summed E-state index contributed by atoms with van der Waals surface area (Å²) in [5.74, 6) is 0. The highest BCUT2D eigenvalue weighted by Crippen LogP contribution is 2.52. The van der Waals surface area contributed by atoms with Gasteiger partial charge in [-0.25, -0.2) is 0 Å². The Morgan fingerprint density at radius 2 is 0.555 bits per heavy atom. The van der Waals surface area contributed by atoms with Crippen LogP contribution in [0.15, 0.2) is 417 Å². The molecule has 3 heterocycles. The lowest BCUT2D eigenvalue weighted by molar-refractivity contribution is 0.660. The van der Waals surface area contributed by atoms with E-state index >= 15 is 0 Å². The number of furan rings is 1. The summed E-state index contributed by atoms with van der Waals surface area (Å²) in [4.78, 5) is 4.73. The third-order valence-corrected chi connectivity index (χ3v) is 22.4. The Hall–Kier alpha value is -14.3. The largest absolute Gasteiger partial charge is 0.455 e. The molecule has 520 valence electrons. The minimum atomic E-state index is -0.0864. The molecule has 0 amide bonds. The number of fused-ring (bicyclic) bond motifs is 12. The van der Waals surface area contributed by atoms with E-state index < -0.39 is 0 Å². The Morgan fingerprint density at radius 3 is 1.05 bits per heavy atom. The van der Waals surface area contributed by atoms with Crippen LogP contribution in [-0.2, 0) is 5.41 Å². The van der Waals surface area contributed by atoms with Gasteiger partial charge in [-0.3, -0.25) is 0 Å². The molecule has 1 aliphatic rings. The molecule has 0 fully saturated rings. The third kappa shape index (κ3) is 11.5. The van der Waals surface area contributed by atoms with Gasteiger partial charge in [0.25, 0.3) is 0 Å². The summed E-state index contributed by atoms with van der Waals surface area (Å²) in [5.41, 5.74) is 32.7. The molecule has 0 N–H and O–H groups in total. The fraction of sp³-hybridized carbons (Fsp3) is 0.0286. The molecule has 0 atom stereocenters. The number of aromatic nitrogens is 2. The first-order valence-electron chi connectivity index (χ1n) is 37.9. The van der Waals surface area contributed by atoms with E-state index in [1.165, 1.54) is 116 Å². The van der Waals surface area contributed by atoms with Gasteiger partial charge in [-0.15, -0.1) is 0 Å². The number of anilines is 6. The topological polar surface area (TPSA) is 29.5 Å². The number of hydrogen-bond donors (Lipinski definition) is 0. The van der Waals surface area contributed by atoms with Crippen LogP contribution in [0.3, 0.4) is 0 Å². The molecule has 5 nitrogen and oxygen atoms in total. The van der Waals surface area contributed by atoms with Crippen molar-refractivity contribution in [3.63, 3.8) is 0 Å². The van der Waals surface area contributed by atoms with Crippen molar-refractivity contribution in [1.82, 2.24) is 9.13 Å². The Morgan fingerprint density at radius 1 is 0.218 bits per heavy atom. The van der Waals surface area contributed by atoms with Gasteiger partial charge in [0.1, 0.15) is 11.2 Å². The minimum Gasteiger partial charge on any atom is -0.455 e. The summed E-state index contributed by atoms with van der Waals surface area (Å²) in [5, 5.41) is 7.28. The lowest BCUT2D eigenvalue weighted by Gasteiger charge is -2.28. The summed E-state index contributed by atoms with van der Waals surface area (Å²) < 4.78 is 11.1. The number of nitrogens with zero attached hydrogens (tertiary/aromatic N) is 4. The summed E-state index contributed by atoms with van der Waals surface area (Å²) in [6.07, 6.45) is 0. The van der Waals surface area contributed by atoms with Crippen molar-refractivity contribution in [2.45, 2.75) is 19.3 Å². The smallest absolute Gasteiger partial charge is 0.143 e. The molecule has 0 unspecified atom stereocenters. The first-order chi connectivity index (χ1) is 54.3. The van der Waals surface area contributed by atoms with Crippen LogP contribution in [0.4, 0.5) is 34.1 Å². The van der Waals surface area contributed by atoms with Gasteiger partial charge in [0.2, 0.25) is 0 Å². The maximum absolute atomic E-state index is 6.40. The van der Waals surface area contributed by atoms with E-state index in [4.69, 9.17) is 4.42 Å². The highest BCUT2D eigenvalue weighted by molar-refractivity contribution is 6.13. The van der Waals surface area contributed by atoms with E-state index in [1.807, 2.05) is 12.1 Å². The summed E-state index contributed by atoms with van der Waals surface area (Å²) in [6.45, 7) is 4.70. The molecule has 0 spiro atoms. The fourth-order valence-corrected chi connectivity index (χ4v) is 17.0. The lowest BCUT2D eigenvalue weighted by Crippen LogP contribution is -2.16. The van der Waals surface area contributed by atoms with Crippen LogP contribution in [0, 0.1) is 0 Å². The van der Waals surface area contributed by atoms with Gasteiger partial charge in [-0.1, -0.05) is 287 Å². The van der Waals surface area contributed by atoms with Gasteiger partial charge in [-0.2, -0.15) is 0 Å². The van der Waals surface area contributed by atoms with Crippen molar-refractivity contribution in [3.8, 4) is 78.1 Å². The second kappa shape index (κ2) is 27.3. The molecule has 17 aromatic carbocycles. The van der Waals surface area contributed by atoms with Gasteiger partial charge in [0.15, 0.2) is 0 Å². The van der Waals surface area contributed by atoms with Crippen molar-refractivity contribution in [2.24, 2.45) is 0 Å². The van der Waals surface area contributed by atoms with E-state index in [0.29, 0.717) is 0 Å².